The molecule has 0 aromatic heterocycles. The van der Waals surface area contributed by atoms with Gasteiger partial charge in [0, 0.05) is 17.1 Å². The number of rotatable bonds is 3. The highest BCUT2D eigenvalue weighted by Crippen LogP contribution is 2.51. The zero-order valence-corrected chi connectivity index (χ0v) is 29.3. The van der Waals surface area contributed by atoms with Crippen LogP contribution in [0.15, 0.2) is 169 Å². The van der Waals surface area contributed by atoms with Gasteiger partial charge in [-0.2, -0.15) is 0 Å². The molecule has 4 aliphatic rings. The molecule has 5 N–H and O–H groups in total. The Hall–Kier alpha value is -6.00. The monoisotopic (exact) mass is 671 g/mol. The fraction of sp³-hybridized carbons (Fsp3) is 0.102. The number of fused-ring (bicyclic) bond motifs is 10. The molecule has 2 aliphatic heterocycles. The number of allylic oxidation sites excluding steroid dienone is 2. The van der Waals surface area contributed by atoms with Gasteiger partial charge in [-0.15, -0.1) is 0 Å². The first-order valence-corrected chi connectivity index (χ1v) is 18.4. The molecule has 7 aromatic rings. The average Bonchev–Trinajstić information content (AvgIpc) is 3.73. The lowest BCUT2D eigenvalue weighted by molar-refractivity contribution is -0.644. The predicted octanol–water partition coefficient (Wildman–Crippen LogP) is 9.44. The summed E-state index contributed by atoms with van der Waals surface area (Å²) in [5.74, 6) is 1.11. The van der Waals surface area contributed by atoms with E-state index in [1.165, 1.54) is 93.7 Å². The van der Waals surface area contributed by atoms with E-state index in [1.54, 1.807) is 0 Å². The molecular formula is C49H39N2O+3. The molecule has 3 nitrogen and oxygen atoms in total. The van der Waals surface area contributed by atoms with E-state index in [0.717, 1.165) is 5.75 Å². The third kappa shape index (κ3) is 4.46. The van der Waals surface area contributed by atoms with E-state index in [0.29, 0.717) is 6.04 Å². The number of nitrogens with two attached hydrogens (primary N) is 2. The molecule has 2 unspecified atom stereocenters. The lowest BCUT2D eigenvalue weighted by Crippen LogP contribution is -2.88. The molecule has 248 valence electrons. The Morgan fingerprint density at radius 2 is 1.33 bits per heavy atom. The van der Waals surface area contributed by atoms with Crippen molar-refractivity contribution >= 4 is 38.0 Å². The molecule has 0 fully saturated rings. The quantitative estimate of drug-likeness (QED) is 0.0814. The van der Waals surface area contributed by atoms with Crippen molar-refractivity contribution in [3.63, 3.8) is 0 Å². The third-order valence-electron chi connectivity index (χ3n) is 12.0. The molecule has 2 heterocycles. The number of quaternary nitrogens is 2. The van der Waals surface area contributed by atoms with Gasteiger partial charge in [-0.05, 0) is 120 Å². The maximum absolute atomic E-state index is 5.39. The van der Waals surface area contributed by atoms with E-state index in [1.807, 2.05) is 0 Å². The molecule has 0 saturated carbocycles. The number of aromatic hydroxyl groups is 1. The average molecular weight is 672 g/mol. The third-order valence-corrected chi connectivity index (χ3v) is 12.0. The number of hydrogen-bond donors (Lipinski definition) is 2. The number of benzene rings is 7. The summed E-state index contributed by atoms with van der Waals surface area (Å²) >= 11 is 0. The summed E-state index contributed by atoms with van der Waals surface area (Å²) in [5.41, 5.74) is 14.2. The summed E-state index contributed by atoms with van der Waals surface area (Å²) in [7, 11) is 0. The van der Waals surface area contributed by atoms with Crippen molar-refractivity contribution in [2.45, 2.75) is 31.5 Å². The zero-order chi connectivity index (χ0) is 34.6. The summed E-state index contributed by atoms with van der Waals surface area (Å²) in [6, 6.07) is 45.9. The van der Waals surface area contributed by atoms with Gasteiger partial charge in [0.1, 0.15) is 12.2 Å². The van der Waals surface area contributed by atoms with Crippen LogP contribution in [0.3, 0.4) is 0 Å². The van der Waals surface area contributed by atoms with Crippen LogP contribution in [0.4, 0.5) is 5.69 Å². The summed E-state index contributed by atoms with van der Waals surface area (Å²) in [6.45, 7) is 4.75. The molecule has 0 spiro atoms. The number of hydrogen-bond acceptors (Lipinski definition) is 0. The molecule has 0 radical (unpaired) electrons. The van der Waals surface area contributed by atoms with Crippen molar-refractivity contribution in [1.82, 2.24) is 0 Å². The maximum atomic E-state index is 5.39. The topological polar surface area (TPSA) is 46.0 Å². The lowest BCUT2D eigenvalue weighted by atomic mass is 9.81. The minimum absolute atomic E-state index is 0.0175. The van der Waals surface area contributed by atoms with E-state index >= 15 is 0 Å². The largest absolute Gasteiger partial charge is 0.531 e. The van der Waals surface area contributed by atoms with Gasteiger partial charge in [0.05, 0.1) is 5.39 Å². The standard InChI is InChI=1S/C49H36N2O/c1-49(2)42-27-36(18-20-39(42)41-25-33-8-3-4-9-34(33)26-43(41)49)32-12-7-11-31(22-32)35-17-15-29-14-16-30-19-21-45-47(46(30)40(29)24-35)52-48(51-45)38-23-37-10-5-6-13-44(37)50-28-38/h3-28,44,48,50-51H,1-2H3/p+3. The second-order valence-corrected chi connectivity index (χ2v) is 15.3. The smallest absolute Gasteiger partial charge is 0.350 e. The van der Waals surface area contributed by atoms with Crippen molar-refractivity contribution in [3.05, 3.63) is 180 Å². The first-order valence-electron chi connectivity index (χ1n) is 18.4. The molecule has 0 amide bonds. The first kappa shape index (κ1) is 29.7. The number of aliphatic hydroxyl groups is 1. The van der Waals surface area contributed by atoms with E-state index in [2.05, 4.69) is 182 Å². The van der Waals surface area contributed by atoms with Crippen LogP contribution < -0.4 is 10.6 Å². The van der Waals surface area contributed by atoms with Crippen LogP contribution in [-0.2, 0) is 5.41 Å². The Labute approximate surface area is 303 Å². The molecule has 0 bridgehead atoms. The highest BCUT2D eigenvalue weighted by atomic mass is 16.5. The minimum atomic E-state index is -0.0706. The van der Waals surface area contributed by atoms with E-state index < -0.39 is 0 Å². The highest BCUT2D eigenvalue weighted by Gasteiger charge is 2.39. The fourth-order valence-corrected chi connectivity index (χ4v) is 9.12. The van der Waals surface area contributed by atoms with Crippen molar-refractivity contribution < 1.29 is 15.4 Å². The van der Waals surface area contributed by atoms with Crippen LogP contribution in [0, 0.1) is 0 Å². The lowest BCUT2D eigenvalue weighted by Gasteiger charge is -2.22. The Balaban J connectivity index is 0.962. The summed E-state index contributed by atoms with van der Waals surface area (Å²) in [4.78, 5) is 0. The van der Waals surface area contributed by atoms with E-state index in [4.69, 9.17) is 4.74 Å². The Bertz CT molecular complexity index is 2810. The van der Waals surface area contributed by atoms with Crippen molar-refractivity contribution in [3.8, 4) is 39.1 Å². The van der Waals surface area contributed by atoms with Crippen LogP contribution in [-0.4, -0.2) is 17.0 Å². The Morgan fingerprint density at radius 3 is 2.21 bits per heavy atom. The molecule has 11 rings (SSSR count). The molecule has 2 atom stereocenters. The highest BCUT2D eigenvalue weighted by molar-refractivity contribution is 6.13. The summed E-state index contributed by atoms with van der Waals surface area (Å²) < 4.78 is 5.39. The summed E-state index contributed by atoms with van der Waals surface area (Å²) in [5, 5.41) is 12.2. The van der Waals surface area contributed by atoms with E-state index in [-0.39, 0.29) is 11.6 Å². The molecular weight excluding hydrogens is 633 g/mol. The van der Waals surface area contributed by atoms with Crippen LogP contribution in [0.2, 0.25) is 0 Å². The van der Waals surface area contributed by atoms with Gasteiger partial charge in [-0.3, -0.25) is 0 Å². The molecule has 7 aromatic carbocycles. The van der Waals surface area contributed by atoms with Crippen molar-refractivity contribution in [2.24, 2.45) is 0 Å². The number of ether oxygens (including phenoxy) is 1. The van der Waals surface area contributed by atoms with Crippen molar-refractivity contribution in [1.29, 1.82) is 0 Å². The normalized spacial score (nSPS) is 19.2. The zero-order valence-electron chi connectivity index (χ0n) is 29.3. The second-order valence-electron chi connectivity index (χ2n) is 15.3. The van der Waals surface area contributed by atoms with Gasteiger partial charge in [-0.1, -0.05) is 111 Å². The van der Waals surface area contributed by atoms with Crippen LogP contribution in [0.25, 0.3) is 65.7 Å². The molecule has 52 heavy (non-hydrogen) atoms. The Morgan fingerprint density at radius 1 is 0.596 bits per heavy atom. The fourth-order valence-electron chi connectivity index (χ4n) is 9.12. The second kappa shape index (κ2) is 11.0. The van der Waals surface area contributed by atoms with Gasteiger partial charge < -0.3 is 10.1 Å². The van der Waals surface area contributed by atoms with Gasteiger partial charge in [0.2, 0.25) is 5.69 Å². The first-order chi connectivity index (χ1) is 25.5. The van der Waals surface area contributed by atoms with Gasteiger partial charge in [0.25, 0.3) is 0 Å². The maximum Gasteiger partial charge on any atom is 0.350 e. The van der Waals surface area contributed by atoms with Gasteiger partial charge in [0.15, 0.2) is 5.57 Å². The summed E-state index contributed by atoms with van der Waals surface area (Å²) in [6.07, 6.45) is 13.4. The van der Waals surface area contributed by atoms with Crippen molar-refractivity contribution in [2.75, 3.05) is 0 Å². The van der Waals surface area contributed by atoms with Crippen LogP contribution in [0.5, 0.6) is 5.75 Å². The molecule has 3 heteroatoms. The van der Waals surface area contributed by atoms with E-state index in [9.17, 15) is 0 Å². The van der Waals surface area contributed by atoms with Gasteiger partial charge in [-0.25, -0.2) is 5.32 Å². The minimum Gasteiger partial charge on any atom is -0.531 e. The van der Waals surface area contributed by atoms with Crippen LogP contribution >= 0.6 is 0 Å². The SMILES string of the molecule is CC1(C)c2cc(-c3cccc(-c4ccc5ccc6ccc7c(c6c5c4)[OH+]C(C4=C[NH2+]C5C=CC=CC5=C4)[NH2+]7)c3)ccc2-c2cc3ccccc3cc21. The predicted molar refractivity (Wildman–Crippen MR) is 215 cm³/mol. The molecule has 0 saturated heterocycles. The molecule has 2 aliphatic carbocycles. The van der Waals surface area contributed by atoms with Gasteiger partial charge >= 0.3 is 12.0 Å². The Kier molecular flexibility index (Phi) is 6.28. The van der Waals surface area contributed by atoms with Crippen LogP contribution in [0.1, 0.15) is 25.0 Å².